The molecular weight excluding hydrogens is 224 g/mol. The van der Waals surface area contributed by atoms with Crippen molar-refractivity contribution in [3.8, 4) is 0 Å². The molecule has 1 unspecified atom stereocenters. The monoisotopic (exact) mass is 256 g/mol. The first-order valence-electron chi connectivity index (χ1n) is 7.52. The lowest BCUT2D eigenvalue weighted by atomic mass is 9.93. The van der Waals surface area contributed by atoms with E-state index in [1.165, 1.54) is 19.3 Å². The minimum Gasteiger partial charge on any atom is -0.394 e. The molecule has 0 aromatic carbocycles. The zero-order valence-electron chi connectivity index (χ0n) is 12.9. The summed E-state index contributed by atoms with van der Waals surface area (Å²) >= 11 is 0. The van der Waals surface area contributed by atoms with Gasteiger partial charge in [-0.25, -0.2) is 0 Å². The zero-order valence-corrected chi connectivity index (χ0v) is 12.9. The van der Waals surface area contributed by atoms with Crippen molar-refractivity contribution in [3.05, 3.63) is 0 Å². The summed E-state index contributed by atoms with van der Waals surface area (Å²) in [6.07, 6.45) is 5.01. The molecule has 0 amide bonds. The maximum absolute atomic E-state index is 9.61. The molecule has 108 valence electrons. The number of hydrogen-bond donors (Lipinski definition) is 2. The summed E-state index contributed by atoms with van der Waals surface area (Å²) in [5.74, 6) is 0. The minimum atomic E-state index is -0.148. The van der Waals surface area contributed by atoms with Crippen molar-refractivity contribution in [1.29, 1.82) is 0 Å². The molecule has 0 saturated carbocycles. The molecule has 1 rings (SSSR count). The molecule has 2 N–H and O–H groups in total. The largest absolute Gasteiger partial charge is 0.394 e. The Bertz CT molecular complexity index is 235. The highest BCUT2D eigenvalue weighted by Gasteiger charge is 2.29. The number of nitrogens with one attached hydrogen (secondary N) is 1. The SMILES string of the molecule is CC(C)NC(C)(CO)CCN1[C@H](C)CCC[C@@H]1C. The molecule has 3 atom stereocenters. The predicted molar refractivity (Wildman–Crippen MR) is 77.9 cm³/mol. The third kappa shape index (κ3) is 4.52. The first-order chi connectivity index (χ1) is 8.38. The van der Waals surface area contributed by atoms with Crippen molar-refractivity contribution in [1.82, 2.24) is 10.2 Å². The second-order valence-corrected chi connectivity index (χ2v) is 6.63. The molecule has 3 heteroatoms. The molecular formula is C15H32N2O. The molecule has 0 bridgehead atoms. The number of rotatable bonds is 6. The van der Waals surface area contributed by atoms with Crippen LogP contribution < -0.4 is 5.32 Å². The van der Waals surface area contributed by atoms with Gasteiger partial charge in [0.25, 0.3) is 0 Å². The van der Waals surface area contributed by atoms with Gasteiger partial charge in [-0.15, -0.1) is 0 Å². The number of likely N-dealkylation sites (tertiary alicyclic amines) is 1. The molecule has 1 aliphatic heterocycles. The third-order valence-corrected chi connectivity index (χ3v) is 4.28. The molecule has 0 aromatic rings. The first-order valence-corrected chi connectivity index (χ1v) is 7.52. The lowest BCUT2D eigenvalue weighted by Crippen LogP contribution is -2.53. The van der Waals surface area contributed by atoms with Gasteiger partial charge >= 0.3 is 0 Å². The lowest BCUT2D eigenvalue weighted by molar-refractivity contribution is 0.0760. The number of aliphatic hydroxyl groups excluding tert-OH is 1. The molecule has 1 fully saturated rings. The summed E-state index contributed by atoms with van der Waals surface area (Å²) in [5.41, 5.74) is -0.148. The topological polar surface area (TPSA) is 35.5 Å². The number of aliphatic hydroxyl groups is 1. The summed E-state index contributed by atoms with van der Waals surface area (Å²) in [7, 11) is 0. The molecule has 1 heterocycles. The van der Waals surface area contributed by atoms with Gasteiger partial charge in [-0.05, 0) is 40.0 Å². The van der Waals surface area contributed by atoms with Crippen LogP contribution in [0.3, 0.4) is 0 Å². The Kier molecular flexibility index (Phi) is 6.09. The Labute approximate surface area is 113 Å². The highest BCUT2D eigenvalue weighted by atomic mass is 16.3. The molecule has 3 nitrogen and oxygen atoms in total. The van der Waals surface area contributed by atoms with E-state index in [2.05, 4.69) is 44.8 Å². The van der Waals surface area contributed by atoms with Crippen molar-refractivity contribution in [2.45, 2.75) is 84.0 Å². The van der Waals surface area contributed by atoms with Gasteiger partial charge in [0.2, 0.25) is 0 Å². The van der Waals surface area contributed by atoms with Crippen molar-refractivity contribution in [2.24, 2.45) is 0 Å². The molecule has 18 heavy (non-hydrogen) atoms. The minimum absolute atomic E-state index is 0.148. The van der Waals surface area contributed by atoms with Crippen LogP contribution in [-0.2, 0) is 0 Å². The van der Waals surface area contributed by atoms with Crippen LogP contribution in [0, 0.1) is 0 Å². The summed E-state index contributed by atoms with van der Waals surface area (Å²) in [5, 5.41) is 13.1. The molecule has 0 aromatic heterocycles. The Morgan fingerprint density at radius 1 is 1.28 bits per heavy atom. The van der Waals surface area contributed by atoms with E-state index in [-0.39, 0.29) is 12.1 Å². The van der Waals surface area contributed by atoms with Gasteiger partial charge < -0.3 is 10.4 Å². The fourth-order valence-corrected chi connectivity index (χ4v) is 3.19. The van der Waals surface area contributed by atoms with Crippen LogP contribution in [0.1, 0.15) is 60.3 Å². The van der Waals surface area contributed by atoms with E-state index in [9.17, 15) is 5.11 Å². The van der Waals surface area contributed by atoms with Crippen molar-refractivity contribution < 1.29 is 5.11 Å². The Hall–Kier alpha value is -0.120. The number of nitrogens with zero attached hydrogens (tertiary/aromatic N) is 1. The van der Waals surface area contributed by atoms with Gasteiger partial charge in [0.05, 0.1) is 6.61 Å². The highest BCUT2D eigenvalue weighted by molar-refractivity contribution is 4.87. The molecule has 0 aliphatic carbocycles. The van der Waals surface area contributed by atoms with E-state index < -0.39 is 0 Å². The average molecular weight is 256 g/mol. The van der Waals surface area contributed by atoms with Crippen LogP contribution in [0.4, 0.5) is 0 Å². The summed E-state index contributed by atoms with van der Waals surface area (Å²) < 4.78 is 0. The maximum atomic E-state index is 9.61. The Morgan fingerprint density at radius 3 is 2.28 bits per heavy atom. The van der Waals surface area contributed by atoms with E-state index in [1.807, 2.05) is 0 Å². The summed E-state index contributed by atoms with van der Waals surface area (Å²) in [6.45, 7) is 12.4. The van der Waals surface area contributed by atoms with Gasteiger partial charge in [0, 0.05) is 30.2 Å². The summed E-state index contributed by atoms with van der Waals surface area (Å²) in [4.78, 5) is 2.61. The van der Waals surface area contributed by atoms with E-state index >= 15 is 0 Å². The second kappa shape index (κ2) is 6.88. The third-order valence-electron chi connectivity index (χ3n) is 4.28. The van der Waals surface area contributed by atoms with Gasteiger partial charge in [-0.3, -0.25) is 4.90 Å². The molecule has 0 spiro atoms. The van der Waals surface area contributed by atoms with Crippen LogP contribution in [0.5, 0.6) is 0 Å². The fourth-order valence-electron chi connectivity index (χ4n) is 3.19. The molecule has 1 saturated heterocycles. The number of hydrogen-bond acceptors (Lipinski definition) is 3. The van der Waals surface area contributed by atoms with E-state index in [4.69, 9.17) is 0 Å². The van der Waals surface area contributed by atoms with Gasteiger partial charge in [0.15, 0.2) is 0 Å². The van der Waals surface area contributed by atoms with Gasteiger partial charge in [0.1, 0.15) is 0 Å². The van der Waals surface area contributed by atoms with E-state index in [1.54, 1.807) is 0 Å². The van der Waals surface area contributed by atoms with Crippen LogP contribution in [-0.4, -0.2) is 46.8 Å². The molecule has 0 radical (unpaired) electrons. The smallest absolute Gasteiger partial charge is 0.0611 e. The average Bonchev–Trinajstić information content (AvgIpc) is 2.27. The predicted octanol–water partition coefficient (Wildman–Crippen LogP) is 2.39. The van der Waals surface area contributed by atoms with Crippen LogP contribution in [0.15, 0.2) is 0 Å². The lowest BCUT2D eigenvalue weighted by Gasteiger charge is -2.41. The first kappa shape index (κ1) is 15.9. The van der Waals surface area contributed by atoms with Crippen molar-refractivity contribution in [3.63, 3.8) is 0 Å². The summed E-state index contributed by atoms with van der Waals surface area (Å²) in [6, 6.07) is 1.80. The van der Waals surface area contributed by atoms with Crippen molar-refractivity contribution in [2.75, 3.05) is 13.2 Å². The van der Waals surface area contributed by atoms with Crippen LogP contribution in [0.2, 0.25) is 0 Å². The second-order valence-electron chi connectivity index (χ2n) is 6.63. The number of piperidine rings is 1. The maximum Gasteiger partial charge on any atom is 0.0611 e. The van der Waals surface area contributed by atoms with E-state index in [0.717, 1.165) is 13.0 Å². The standard InChI is InChI=1S/C15H32N2O/c1-12(2)16-15(5,11-18)9-10-17-13(3)7-6-8-14(17)4/h12-14,16,18H,6-11H2,1-5H3/t13-,14+,15?. The Balaban J connectivity index is 2.50. The fraction of sp³-hybridized carbons (Fsp3) is 1.00. The highest BCUT2D eigenvalue weighted by Crippen LogP contribution is 2.24. The molecule has 1 aliphatic rings. The van der Waals surface area contributed by atoms with Crippen molar-refractivity contribution >= 4 is 0 Å². The van der Waals surface area contributed by atoms with Gasteiger partial charge in [-0.2, -0.15) is 0 Å². The zero-order chi connectivity index (χ0) is 13.8. The van der Waals surface area contributed by atoms with Gasteiger partial charge in [-0.1, -0.05) is 20.3 Å². The Morgan fingerprint density at radius 2 is 1.83 bits per heavy atom. The van der Waals surface area contributed by atoms with E-state index in [0.29, 0.717) is 18.1 Å². The van der Waals surface area contributed by atoms with Crippen LogP contribution in [0.25, 0.3) is 0 Å². The quantitative estimate of drug-likeness (QED) is 0.766. The van der Waals surface area contributed by atoms with Crippen LogP contribution >= 0.6 is 0 Å². The normalized spacial score (nSPS) is 29.5.